The number of hydrogen-bond donors (Lipinski definition) is 1. The molecule has 134 valence electrons. The van der Waals surface area contributed by atoms with Crippen LogP contribution in [0.3, 0.4) is 0 Å². The molecule has 0 aliphatic carbocycles. The van der Waals surface area contributed by atoms with Gasteiger partial charge in [-0.3, -0.25) is 4.79 Å². The van der Waals surface area contributed by atoms with Gasteiger partial charge in [0.25, 0.3) is 5.91 Å². The van der Waals surface area contributed by atoms with Gasteiger partial charge in [0.2, 0.25) is 10.0 Å². The summed E-state index contributed by atoms with van der Waals surface area (Å²) in [6.45, 7) is 5.50. The molecule has 0 aromatic heterocycles. The first-order valence-electron chi connectivity index (χ1n) is 8.09. The summed E-state index contributed by atoms with van der Waals surface area (Å²) in [5, 5.41) is 2.82. The summed E-state index contributed by atoms with van der Waals surface area (Å²) in [7, 11) is -3.60. The number of carbonyl (C=O) groups excluding carboxylic acids is 1. The third kappa shape index (κ3) is 4.36. The maximum Gasteiger partial charge on any atom is 0.252 e. The molecule has 1 saturated heterocycles. The van der Waals surface area contributed by atoms with Gasteiger partial charge in [0, 0.05) is 30.7 Å². The second-order valence-electron chi connectivity index (χ2n) is 5.58. The van der Waals surface area contributed by atoms with E-state index in [-0.39, 0.29) is 16.9 Å². The number of amides is 1. The van der Waals surface area contributed by atoms with E-state index in [0.29, 0.717) is 29.7 Å². The molecule has 1 aliphatic heterocycles. The molecule has 1 N–H and O–H groups in total. The van der Waals surface area contributed by atoms with Crippen LogP contribution in [0.4, 0.5) is 0 Å². The van der Waals surface area contributed by atoms with Crippen LogP contribution in [0.25, 0.3) is 0 Å². The van der Waals surface area contributed by atoms with Crippen molar-refractivity contribution in [3.05, 3.63) is 28.2 Å². The van der Waals surface area contributed by atoms with Crippen molar-refractivity contribution in [2.45, 2.75) is 37.7 Å². The van der Waals surface area contributed by atoms with Gasteiger partial charge in [-0.1, -0.05) is 13.8 Å². The summed E-state index contributed by atoms with van der Waals surface area (Å²) >= 11 is 3.32. The molecule has 1 aliphatic rings. The van der Waals surface area contributed by atoms with Gasteiger partial charge in [-0.2, -0.15) is 4.31 Å². The average Bonchev–Trinajstić information content (AvgIpc) is 3.07. The van der Waals surface area contributed by atoms with Crippen LogP contribution in [-0.4, -0.2) is 51.0 Å². The highest BCUT2D eigenvalue weighted by molar-refractivity contribution is 9.10. The van der Waals surface area contributed by atoms with Crippen LogP contribution in [-0.2, 0) is 14.8 Å². The van der Waals surface area contributed by atoms with Crippen LogP contribution in [0, 0.1) is 0 Å². The van der Waals surface area contributed by atoms with Gasteiger partial charge < -0.3 is 10.1 Å². The Labute approximate surface area is 151 Å². The molecule has 1 fully saturated rings. The molecule has 0 bridgehead atoms. The molecule has 1 heterocycles. The SMILES string of the molecule is CCN(CC)S(=O)(=O)c1ccc(Br)c(C(=O)NC[C@H]2CCCO2)c1. The fourth-order valence-corrected chi connectivity index (χ4v) is 4.57. The van der Waals surface area contributed by atoms with Crippen molar-refractivity contribution in [2.75, 3.05) is 26.2 Å². The molecule has 8 heteroatoms. The van der Waals surface area contributed by atoms with Crippen LogP contribution in [0.5, 0.6) is 0 Å². The number of benzene rings is 1. The van der Waals surface area contributed by atoms with Gasteiger partial charge in [0.05, 0.1) is 16.6 Å². The maximum atomic E-state index is 12.6. The zero-order valence-electron chi connectivity index (χ0n) is 13.9. The van der Waals surface area contributed by atoms with E-state index in [4.69, 9.17) is 4.74 Å². The third-order valence-corrected chi connectivity index (χ3v) is 6.78. The molecule has 6 nitrogen and oxygen atoms in total. The van der Waals surface area contributed by atoms with E-state index in [1.165, 1.54) is 16.4 Å². The van der Waals surface area contributed by atoms with Gasteiger partial charge in [0.15, 0.2) is 0 Å². The second kappa shape index (κ2) is 8.42. The van der Waals surface area contributed by atoms with Gasteiger partial charge in [-0.05, 0) is 47.0 Å². The number of carbonyl (C=O) groups is 1. The van der Waals surface area contributed by atoms with Gasteiger partial charge >= 0.3 is 0 Å². The first-order valence-corrected chi connectivity index (χ1v) is 10.3. The summed E-state index contributed by atoms with van der Waals surface area (Å²) in [5.41, 5.74) is 0.307. The monoisotopic (exact) mass is 418 g/mol. The summed E-state index contributed by atoms with van der Waals surface area (Å²) in [6, 6.07) is 4.52. The van der Waals surface area contributed by atoms with Crippen molar-refractivity contribution in [2.24, 2.45) is 0 Å². The Morgan fingerprint density at radius 2 is 2.08 bits per heavy atom. The first-order chi connectivity index (χ1) is 11.4. The smallest absolute Gasteiger partial charge is 0.252 e. The van der Waals surface area contributed by atoms with Crippen molar-refractivity contribution in [1.82, 2.24) is 9.62 Å². The predicted octanol–water partition coefficient (Wildman–Crippen LogP) is 2.39. The molecule has 1 aromatic carbocycles. The summed E-state index contributed by atoms with van der Waals surface area (Å²) in [6.07, 6.45) is 1.97. The minimum Gasteiger partial charge on any atom is -0.376 e. The van der Waals surface area contributed by atoms with Crippen molar-refractivity contribution >= 4 is 31.9 Å². The van der Waals surface area contributed by atoms with Crippen LogP contribution >= 0.6 is 15.9 Å². The number of halogens is 1. The fraction of sp³-hybridized carbons (Fsp3) is 0.562. The van der Waals surface area contributed by atoms with Crippen LogP contribution in [0.1, 0.15) is 37.0 Å². The highest BCUT2D eigenvalue weighted by atomic mass is 79.9. The van der Waals surface area contributed by atoms with E-state index in [1.807, 2.05) is 0 Å². The van der Waals surface area contributed by atoms with Crippen molar-refractivity contribution < 1.29 is 17.9 Å². The number of hydrogen-bond acceptors (Lipinski definition) is 4. The Kier molecular flexibility index (Phi) is 6.79. The molecule has 24 heavy (non-hydrogen) atoms. The fourth-order valence-electron chi connectivity index (χ4n) is 2.66. The quantitative estimate of drug-likeness (QED) is 0.737. The number of ether oxygens (including phenoxy) is 1. The van der Waals surface area contributed by atoms with Gasteiger partial charge in [-0.25, -0.2) is 8.42 Å². The van der Waals surface area contributed by atoms with Crippen molar-refractivity contribution in [1.29, 1.82) is 0 Å². The normalized spacial score (nSPS) is 18.1. The maximum absolute atomic E-state index is 12.6. The number of sulfonamides is 1. The number of nitrogens with zero attached hydrogens (tertiary/aromatic N) is 1. The molecule has 0 radical (unpaired) electrons. The molecular formula is C16H23BrN2O4S. The van der Waals surface area contributed by atoms with Crippen LogP contribution in [0.2, 0.25) is 0 Å². The van der Waals surface area contributed by atoms with E-state index >= 15 is 0 Å². The lowest BCUT2D eigenvalue weighted by Gasteiger charge is -2.19. The Morgan fingerprint density at radius 3 is 2.67 bits per heavy atom. The topological polar surface area (TPSA) is 75.7 Å². The summed E-state index contributed by atoms with van der Waals surface area (Å²) in [4.78, 5) is 12.5. The van der Waals surface area contributed by atoms with E-state index in [2.05, 4.69) is 21.2 Å². The molecule has 1 amide bonds. The minimum absolute atomic E-state index is 0.0373. The Morgan fingerprint density at radius 1 is 1.38 bits per heavy atom. The predicted molar refractivity (Wildman–Crippen MR) is 95.6 cm³/mol. The van der Waals surface area contributed by atoms with Crippen LogP contribution < -0.4 is 5.32 Å². The Balaban J connectivity index is 2.19. The Hall–Kier alpha value is -0.960. The highest BCUT2D eigenvalue weighted by Gasteiger charge is 2.24. The third-order valence-electron chi connectivity index (χ3n) is 4.04. The molecule has 0 saturated carbocycles. The Bertz CT molecular complexity index is 683. The molecule has 0 spiro atoms. The molecule has 2 rings (SSSR count). The highest BCUT2D eigenvalue weighted by Crippen LogP contribution is 2.23. The minimum atomic E-state index is -3.60. The largest absolute Gasteiger partial charge is 0.376 e. The number of rotatable bonds is 7. The lowest BCUT2D eigenvalue weighted by molar-refractivity contribution is 0.0857. The van der Waals surface area contributed by atoms with Crippen molar-refractivity contribution in [3.8, 4) is 0 Å². The van der Waals surface area contributed by atoms with Crippen molar-refractivity contribution in [3.63, 3.8) is 0 Å². The van der Waals surface area contributed by atoms with E-state index in [0.717, 1.165) is 19.4 Å². The van der Waals surface area contributed by atoms with E-state index in [9.17, 15) is 13.2 Å². The molecular weight excluding hydrogens is 396 g/mol. The lowest BCUT2D eigenvalue weighted by Crippen LogP contribution is -2.33. The zero-order chi connectivity index (χ0) is 17.7. The summed E-state index contributed by atoms with van der Waals surface area (Å²) in [5.74, 6) is -0.311. The lowest BCUT2D eigenvalue weighted by atomic mass is 10.2. The average molecular weight is 419 g/mol. The van der Waals surface area contributed by atoms with E-state index < -0.39 is 10.0 Å². The molecule has 1 atom stereocenters. The zero-order valence-corrected chi connectivity index (χ0v) is 16.3. The summed E-state index contributed by atoms with van der Waals surface area (Å²) < 4.78 is 32.6. The molecule has 1 aromatic rings. The van der Waals surface area contributed by atoms with E-state index in [1.54, 1.807) is 19.9 Å². The number of nitrogens with one attached hydrogen (secondary N) is 1. The van der Waals surface area contributed by atoms with Crippen LogP contribution in [0.15, 0.2) is 27.6 Å². The standard InChI is InChI=1S/C16H23BrN2O4S/c1-3-19(4-2)24(21,22)13-7-8-15(17)14(10-13)16(20)18-11-12-6-5-9-23-12/h7-8,10,12H,3-6,9,11H2,1-2H3,(H,18,20)/t12-/m1/s1. The molecule has 0 unspecified atom stereocenters. The first kappa shape index (κ1) is 19.4. The second-order valence-corrected chi connectivity index (χ2v) is 8.37. The van der Waals surface area contributed by atoms with Gasteiger partial charge in [0.1, 0.15) is 0 Å². The van der Waals surface area contributed by atoms with Gasteiger partial charge in [-0.15, -0.1) is 0 Å².